The van der Waals surface area contributed by atoms with Crippen molar-refractivity contribution in [1.82, 2.24) is 9.21 Å². The summed E-state index contributed by atoms with van der Waals surface area (Å²) in [7, 11) is -3.75. The van der Waals surface area contributed by atoms with Gasteiger partial charge in [-0.25, -0.2) is 13.2 Å². The first-order valence-electron chi connectivity index (χ1n) is 11.6. The van der Waals surface area contributed by atoms with Gasteiger partial charge in [-0.05, 0) is 54.7 Å². The molecule has 1 aromatic rings. The van der Waals surface area contributed by atoms with Gasteiger partial charge in [0.2, 0.25) is 10.0 Å². The van der Waals surface area contributed by atoms with Crippen LogP contribution >= 0.6 is 0 Å². The third-order valence-electron chi connectivity index (χ3n) is 7.07. The Labute approximate surface area is 196 Å². The van der Waals surface area contributed by atoms with Crippen molar-refractivity contribution in [3.8, 4) is 0 Å². The minimum atomic E-state index is -3.75. The number of carbonyl (C=O) groups excluding carboxylic acids is 2. The number of benzene rings is 1. The molecule has 4 rings (SSSR count). The number of rotatable bonds is 5. The summed E-state index contributed by atoms with van der Waals surface area (Å²) in [6.45, 7) is 9.98. The SMILES string of the molecule is Cc1ccc(C(=O)OCC(=O)N2CC3(C)CC2CC(C)(C)C3)cc1S(=O)(=O)N1CCOCC1. The summed E-state index contributed by atoms with van der Waals surface area (Å²) in [5, 5.41) is 0. The number of amides is 1. The van der Waals surface area contributed by atoms with E-state index < -0.39 is 16.0 Å². The van der Waals surface area contributed by atoms with E-state index in [9.17, 15) is 18.0 Å². The molecule has 8 nitrogen and oxygen atoms in total. The molecule has 2 unspecified atom stereocenters. The van der Waals surface area contributed by atoms with E-state index in [1.807, 2.05) is 4.90 Å². The number of carbonyl (C=O) groups is 2. The molecule has 0 N–H and O–H groups in total. The van der Waals surface area contributed by atoms with Gasteiger partial charge in [-0.1, -0.05) is 26.8 Å². The van der Waals surface area contributed by atoms with Gasteiger partial charge in [-0.15, -0.1) is 0 Å². The largest absolute Gasteiger partial charge is 0.452 e. The second-order valence-corrected chi connectivity index (χ2v) is 12.7. The molecule has 1 saturated carbocycles. The van der Waals surface area contributed by atoms with Crippen LogP contribution in [0.15, 0.2) is 23.1 Å². The Balaban J connectivity index is 1.43. The number of hydrogen-bond donors (Lipinski definition) is 0. The number of sulfonamides is 1. The second kappa shape index (κ2) is 8.67. The number of esters is 1. The lowest BCUT2D eigenvalue weighted by atomic mass is 9.65. The summed E-state index contributed by atoms with van der Waals surface area (Å²) in [5.74, 6) is -0.890. The predicted molar refractivity (Wildman–Crippen MR) is 122 cm³/mol. The van der Waals surface area contributed by atoms with Crippen LogP contribution in [-0.2, 0) is 24.3 Å². The van der Waals surface area contributed by atoms with E-state index in [-0.39, 0.29) is 52.9 Å². The molecule has 1 aromatic carbocycles. The monoisotopic (exact) mass is 478 g/mol. The Kier molecular flexibility index (Phi) is 6.35. The molecule has 2 bridgehead atoms. The van der Waals surface area contributed by atoms with Gasteiger partial charge in [0.05, 0.1) is 23.7 Å². The molecule has 182 valence electrons. The number of likely N-dealkylation sites (tertiary alicyclic amines) is 1. The molecule has 2 saturated heterocycles. The van der Waals surface area contributed by atoms with Gasteiger partial charge in [0.1, 0.15) is 0 Å². The van der Waals surface area contributed by atoms with E-state index in [4.69, 9.17) is 9.47 Å². The standard InChI is InChI=1S/C24H34N2O6S/c1-17-5-6-18(11-20(17)33(29,30)25-7-9-31-10-8-25)22(28)32-14-21(27)26-16-24(4)13-19(26)12-23(2,3)15-24/h5-6,11,19H,7-10,12-16H2,1-4H3. The molecule has 2 heterocycles. The van der Waals surface area contributed by atoms with Gasteiger partial charge < -0.3 is 14.4 Å². The molecule has 33 heavy (non-hydrogen) atoms. The van der Waals surface area contributed by atoms with Crippen LogP contribution in [-0.4, -0.2) is 75.0 Å². The average molecular weight is 479 g/mol. The van der Waals surface area contributed by atoms with E-state index in [1.165, 1.54) is 16.4 Å². The van der Waals surface area contributed by atoms with E-state index in [0.29, 0.717) is 25.3 Å². The molecule has 0 radical (unpaired) electrons. The fourth-order valence-electron chi connectivity index (χ4n) is 5.98. The molecule has 1 amide bonds. The Hall–Kier alpha value is -1.97. The fourth-order valence-corrected chi connectivity index (χ4v) is 7.63. The van der Waals surface area contributed by atoms with Crippen molar-refractivity contribution in [2.24, 2.45) is 10.8 Å². The van der Waals surface area contributed by atoms with Gasteiger partial charge in [-0.2, -0.15) is 4.31 Å². The second-order valence-electron chi connectivity index (χ2n) is 10.8. The van der Waals surface area contributed by atoms with E-state index >= 15 is 0 Å². The molecule has 0 aromatic heterocycles. The topological polar surface area (TPSA) is 93.2 Å². The van der Waals surface area contributed by atoms with Crippen molar-refractivity contribution in [1.29, 1.82) is 0 Å². The van der Waals surface area contributed by atoms with Crippen molar-refractivity contribution in [2.45, 2.75) is 57.9 Å². The van der Waals surface area contributed by atoms with Crippen molar-refractivity contribution in [3.63, 3.8) is 0 Å². The highest BCUT2D eigenvalue weighted by molar-refractivity contribution is 7.89. The first-order valence-corrected chi connectivity index (χ1v) is 13.0. The first-order chi connectivity index (χ1) is 15.4. The number of hydrogen-bond acceptors (Lipinski definition) is 6. The molecule has 0 spiro atoms. The Morgan fingerprint density at radius 3 is 2.55 bits per heavy atom. The van der Waals surface area contributed by atoms with Gasteiger partial charge >= 0.3 is 5.97 Å². The highest BCUT2D eigenvalue weighted by Crippen LogP contribution is 2.52. The van der Waals surface area contributed by atoms with Crippen molar-refractivity contribution in [3.05, 3.63) is 29.3 Å². The number of nitrogens with zero attached hydrogens (tertiary/aromatic N) is 2. The summed E-state index contributed by atoms with van der Waals surface area (Å²) in [4.78, 5) is 27.5. The van der Waals surface area contributed by atoms with E-state index in [0.717, 1.165) is 19.3 Å². The lowest BCUT2D eigenvalue weighted by Crippen LogP contribution is -2.41. The maximum absolute atomic E-state index is 13.1. The van der Waals surface area contributed by atoms with Crippen molar-refractivity contribution >= 4 is 21.9 Å². The minimum absolute atomic E-state index is 0.0775. The Bertz CT molecular complexity index is 1050. The molecule has 2 atom stereocenters. The van der Waals surface area contributed by atoms with Crippen LogP contribution in [0, 0.1) is 17.8 Å². The third-order valence-corrected chi connectivity index (χ3v) is 9.11. The first kappa shape index (κ1) is 24.2. The average Bonchev–Trinajstić information content (AvgIpc) is 3.01. The lowest BCUT2D eigenvalue weighted by Gasteiger charge is -2.39. The van der Waals surface area contributed by atoms with Crippen LogP contribution in [0.5, 0.6) is 0 Å². The van der Waals surface area contributed by atoms with Crippen LogP contribution in [0.25, 0.3) is 0 Å². The zero-order valence-corrected chi connectivity index (χ0v) is 20.7. The quantitative estimate of drug-likeness (QED) is 0.604. The number of morpholine rings is 1. The summed E-state index contributed by atoms with van der Waals surface area (Å²) < 4.78 is 38.1. The smallest absolute Gasteiger partial charge is 0.338 e. The third kappa shape index (κ3) is 4.95. The molecular formula is C24H34N2O6S. The Morgan fingerprint density at radius 2 is 1.85 bits per heavy atom. The van der Waals surface area contributed by atoms with Crippen LogP contribution in [0.2, 0.25) is 0 Å². The van der Waals surface area contributed by atoms with Gasteiger partial charge in [-0.3, -0.25) is 4.79 Å². The van der Waals surface area contributed by atoms with E-state index in [2.05, 4.69) is 20.8 Å². The van der Waals surface area contributed by atoms with Crippen molar-refractivity contribution < 1.29 is 27.5 Å². The van der Waals surface area contributed by atoms with Crippen LogP contribution < -0.4 is 0 Å². The highest BCUT2D eigenvalue weighted by atomic mass is 32.2. The molecule has 1 aliphatic carbocycles. The number of fused-ring (bicyclic) bond motifs is 2. The summed E-state index contributed by atoms with van der Waals surface area (Å²) in [5.41, 5.74) is 0.960. The normalized spacial score (nSPS) is 27.4. The maximum atomic E-state index is 13.1. The molecule has 2 aliphatic heterocycles. The maximum Gasteiger partial charge on any atom is 0.338 e. The zero-order chi connectivity index (χ0) is 24.0. The van der Waals surface area contributed by atoms with E-state index in [1.54, 1.807) is 13.0 Å². The van der Waals surface area contributed by atoms with Crippen LogP contribution in [0.1, 0.15) is 56.0 Å². The Morgan fingerprint density at radius 1 is 1.15 bits per heavy atom. The fraction of sp³-hybridized carbons (Fsp3) is 0.667. The molecule has 9 heteroatoms. The number of ether oxygens (including phenoxy) is 2. The molecular weight excluding hydrogens is 444 g/mol. The zero-order valence-electron chi connectivity index (χ0n) is 19.9. The van der Waals surface area contributed by atoms with Gasteiger partial charge in [0.15, 0.2) is 6.61 Å². The van der Waals surface area contributed by atoms with Gasteiger partial charge in [0, 0.05) is 25.7 Å². The summed E-state index contributed by atoms with van der Waals surface area (Å²) >= 11 is 0. The predicted octanol–water partition coefficient (Wildman–Crippen LogP) is 2.60. The molecule has 3 fully saturated rings. The lowest BCUT2D eigenvalue weighted by molar-refractivity contribution is -0.135. The van der Waals surface area contributed by atoms with Crippen LogP contribution in [0.3, 0.4) is 0 Å². The highest BCUT2D eigenvalue weighted by Gasteiger charge is 2.51. The summed E-state index contributed by atoms with van der Waals surface area (Å²) in [6.07, 6.45) is 3.00. The summed E-state index contributed by atoms with van der Waals surface area (Å²) in [6, 6.07) is 4.65. The number of aryl methyl sites for hydroxylation is 1. The van der Waals surface area contributed by atoms with Gasteiger partial charge in [0.25, 0.3) is 5.91 Å². The molecule has 3 aliphatic rings. The van der Waals surface area contributed by atoms with Crippen LogP contribution in [0.4, 0.5) is 0 Å². The minimum Gasteiger partial charge on any atom is -0.452 e. The van der Waals surface area contributed by atoms with Crippen molar-refractivity contribution in [2.75, 3.05) is 39.5 Å².